The molecule has 30 heavy (non-hydrogen) atoms. The number of nitrogens with one attached hydrogen (secondary N) is 1. The topological polar surface area (TPSA) is 86.0 Å². The quantitative estimate of drug-likeness (QED) is 0.538. The third kappa shape index (κ3) is 3.81. The van der Waals surface area contributed by atoms with Gasteiger partial charge < -0.3 is 5.32 Å². The fourth-order valence-corrected chi connectivity index (χ4v) is 4.07. The van der Waals surface area contributed by atoms with Crippen molar-refractivity contribution < 1.29 is 4.79 Å². The lowest BCUT2D eigenvalue weighted by molar-refractivity contribution is -0.116. The SMILES string of the molecule is Cc1ccc(NC(=O)Cn2c(=O)n(Cc3cccs3)c(=O)c3ncccc32)c(C)c1. The van der Waals surface area contributed by atoms with E-state index in [1.165, 1.54) is 22.1 Å². The molecular formula is C22H20N4O3S. The van der Waals surface area contributed by atoms with Crippen molar-refractivity contribution in [1.29, 1.82) is 0 Å². The number of thiophene rings is 1. The van der Waals surface area contributed by atoms with E-state index in [1.54, 1.807) is 12.1 Å². The summed E-state index contributed by atoms with van der Waals surface area (Å²) in [7, 11) is 0. The minimum Gasteiger partial charge on any atom is -0.324 e. The van der Waals surface area contributed by atoms with Crippen LogP contribution in [-0.2, 0) is 17.9 Å². The van der Waals surface area contributed by atoms with Crippen molar-refractivity contribution in [1.82, 2.24) is 14.1 Å². The lowest BCUT2D eigenvalue weighted by atomic mass is 10.1. The predicted molar refractivity (Wildman–Crippen MR) is 118 cm³/mol. The smallest absolute Gasteiger partial charge is 0.324 e. The van der Waals surface area contributed by atoms with Crippen LogP contribution in [0.15, 0.2) is 63.6 Å². The number of carbonyl (C=O) groups excluding carboxylic acids is 1. The molecule has 1 aromatic carbocycles. The maximum atomic E-state index is 13.2. The van der Waals surface area contributed by atoms with Gasteiger partial charge in [0.05, 0.1) is 12.1 Å². The molecule has 0 bridgehead atoms. The van der Waals surface area contributed by atoms with Crippen molar-refractivity contribution in [2.45, 2.75) is 26.9 Å². The van der Waals surface area contributed by atoms with Crippen LogP contribution in [0.25, 0.3) is 11.0 Å². The maximum absolute atomic E-state index is 13.2. The van der Waals surface area contributed by atoms with Crippen LogP contribution in [0, 0.1) is 13.8 Å². The van der Waals surface area contributed by atoms with Crippen molar-refractivity contribution in [3.63, 3.8) is 0 Å². The van der Waals surface area contributed by atoms with E-state index in [4.69, 9.17) is 0 Å². The van der Waals surface area contributed by atoms with Crippen molar-refractivity contribution in [3.8, 4) is 0 Å². The average Bonchev–Trinajstić information content (AvgIpc) is 3.24. The zero-order valence-electron chi connectivity index (χ0n) is 16.6. The van der Waals surface area contributed by atoms with Gasteiger partial charge in [0.2, 0.25) is 5.91 Å². The molecule has 0 atom stereocenters. The van der Waals surface area contributed by atoms with Crippen LogP contribution < -0.4 is 16.6 Å². The van der Waals surface area contributed by atoms with Gasteiger partial charge in [-0.15, -0.1) is 11.3 Å². The molecule has 4 aromatic rings. The summed E-state index contributed by atoms with van der Waals surface area (Å²) in [6, 6.07) is 12.7. The molecular weight excluding hydrogens is 400 g/mol. The summed E-state index contributed by atoms with van der Waals surface area (Å²) in [5.74, 6) is -0.351. The molecule has 0 spiro atoms. The molecule has 4 rings (SSSR count). The number of rotatable bonds is 5. The summed E-state index contributed by atoms with van der Waals surface area (Å²) in [4.78, 5) is 43.8. The number of anilines is 1. The van der Waals surface area contributed by atoms with E-state index < -0.39 is 11.2 Å². The summed E-state index contributed by atoms with van der Waals surface area (Å²) in [5.41, 5.74) is 2.22. The van der Waals surface area contributed by atoms with E-state index in [0.29, 0.717) is 11.2 Å². The molecule has 0 aliphatic carbocycles. The minimum absolute atomic E-state index is 0.139. The highest BCUT2D eigenvalue weighted by molar-refractivity contribution is 7.09. The summed E-state index contributed by atoms with van der Waals surface area (Å²) in [5, 5.41) is 4.74. The largest absolute Gasteiger partial charge is 0.332 e. The van der Waals surface area contributed by atoms with Crippen LogP contribution >= 0.6 is 11.3 Å². The predicted octanol–water partition coefficient (Wildman–Crippen LogP) is 2.92. The number of hydrogen-bond donors (Lipinski definition) is 1. The van der Waals surface area contributed by atoms with Gasteiger partial charge in [0, 0.05) is 16.8 Å². The fraction of sp³-hybridized carbons (Fsp3) is 0.182. The van der Waals surface area contributed by atoms with Gasteiger partial charge >= 0.3 is 5.69 Å². The Labute approximate surface area is 176 Å². The first-order valence-corrected chi connectivity index (χ1v) is 10.3. The van der Waals surface area contributed by atoms with Crippen LogP contribution in [0.5, 0.6) is 0 Å². The van der Waals surface area contributed by atoms with Gasteiger partial charge in [-0.1, -0.05) is 23.8 Å². The Balaban J connectivity index is 1.75. The molecule has 1 N–H and O–H groups in total. The molecule has 8 heteroatoms. The molecule has 0 saturated heterocycles. The second-order valence-electron chi connectivity index (χ2n) is 7.08. The number of pyridine rings is 1. The summed E-state index contributed by atoms with van der Waals surface area (Å²) < 4.78 is 2.43. The van der Waals surface area contributed by atoms with E-state index in [1.807, 2.05) is 49.6 Å². The van der Waals surface area contributed by atoms with E-state index >= 15 is 0 Å². The first-order chi connectivity index (χ1) is 14.4. The summed E-state index contributed by atoms with van der Waals surface area (Å²) in [6.07, 6.45) is 1.50. The van der Waals surface area contributed by atoms with Gasteiger partial charge in [-0.3, -0.25) is 18.7 Å². The minimum atomic E-state index is -0.537. The molecule has 3 heterocycles. The number of benzene rings is 1. The molecule has 0 aliphatic heterocycles. The molecule has 0 fully saturated rings. The number of fused-ring (bicyclic) bond motifs is 1. The Bertz CT molecular complexity index is 1350. The standard InChI is InChI=1S/C22H20N4O3S/c1-14-7-8-17(15(2)11-14)24-19(27)13-25-18-6-3-9-23-20(18)21(28)26(22(25)29)12-16-5-4-10-30-16/h3-11H,12-13H2,1-2H3,(H,24,27). The lowest BCUT2D eigenvalue weighted by Gasteiger charge is -2.14. The lowest BCUT2D eigenvalue weighted by Crippen LogP contribution is -2.42. The number of hydrogen-bond acceptors (Lipinski definition) is 5. The van der Waals surface area contributed by atoms with E-state index in [-0.39, 0.29) is 24.5 Å². The maximum Gasteiger partial charge on any atom is 0.332 e. The Morgan fingerprint density at radius 2 is 1.93 bits per heavy atom. The van der Waals surface area contributed by atoms with Crippen molar-refractivity contribution in [3.05, 3.63) is 90.9 Å². The molecule has 0 aliphatic rings. The van der Waals surface area contributed by atoms with Crippen LogP contribution in [-0.4, -0.2) is 20.0 Å². The Morgan fingerprint density at radius 3 is 2.67 bits per heavy atom. The molecule has 0 saturated carbocycles. The number of carbonyl (C=O) groups is 1. The van der Waals surface area contributed by atoms with Gasteiger partial charge in [-0.25, -0.2) is 9.78 Å². The second kappa shape index (κ2) is 8.08. The molecule has 0 radical (unpaired) electrons. The monoisotopic (exact) mass is 420 g/mol. The van der Waals surface area contributed by atoms with Crippen LogP contribution in [0.3, 0.4) is 0 Å². The number of nitrogens with zero attached hydrogens (tertiary/aromatic N) is 3. The average molecular weight is 420 g/mol. The second-order valence-corrected chi connectivity index (χ2v) is 8.11. The molecule has 3 aromatic heterocycles. The third-order valence-corrected chi connectivity index (χ3v) is 5.70. The number of aryl methyl sites for hydroxylation is 2. The van der Waals surface area contributed by atoms with Gasteiger partial charge in [0.1, 0.15) is 6.54 Å². The first-order valence-electron chi connectivity index (χ1n) is 9.42. The number of amides is 1. The zero-order valence-corrected chi connectivity index (χ0v) is 17.4. The van der Waals surface area contributed by atoms with E-state index in [2.05, 4.69) is 10.3 Å². The van der Waals surface area contributed by atoms with Crippen molar-refractivity contribution in [2.24, 2.45) is 0 Å². The van der Waals surface area contributed by atoms with Crippen LogP contribution in [0.4, 0.5) is 5.69 Å². The summed E-state index contributed by atoms with van der Waals surface area (Å²) >= 11 is 1.46. The molecule has 7 nitrogen and oxygen atoms in total. The Kier molecular flexibility index (Phi) is 5.33. The Hall–Kier alpha value is -3.52. The number of aromatic nitrogens is 3. The van der Waals surface area contributed by atoms with Gasteiger partial charge in [-0.05, 0) is 49.1 Å². The zero-order chi connectivity index (χ0) is 21.3. The van der Waals surface area contributed by atoms with Gasteiger partial charge in [-0.2, -0.15) is 0 Å². The summed E-state index contributed by atoms with van der Waals surface area (Å²) in [6.45, 7) is 3.81. The van der Waals surface area contributed by atoms with E-state index in [9.17, 15) is 14.4 Å². The molecule has 0 unspecified atom stereocenters. The van der Waals surface area contributed by atoms with Crippen molar-refractivity contribution >= 4 is 34.0 Å². The van der Waals surface area contributed by atoms with Crippen LogP contribution in [0.2, 0.25) is 0 Å². The third-order valence-electron chi connectivity index (χ3n) is 4.84. The van der Waals surface area contributed by atoms with E-state index in [0.717, 1.165) is 20.6 Å². The Morgan fingerprint density at radius 1 is 1.10 bits per heavy atom. The highest BCUT2D eigenvalue weighted by Gasteiger charge is 2.17. The van der Waals surface area contributed by atoms with Crippen molar-refractivity contribution in [2.75, 3.05) is 5.32 Å². The normalized spacial score (nSPS) is 11.0. The highest BCUT2D eigenvalue weighted by Crippen LogP contribution is 2.16. The van der Waals surface area contributed by atoms with Gasteiger partial charge in [0.15, 0.2) is 5.52 Å². The fourth-order valence-electron chi connectivity index (χ4n) is 3.38. The first kappa shape index (κ1) is 19.8. The van der Waals surface area contributed by atoms with Crippen LogP contribution in [0.1, 0.15) is 16.0 Å². The highest BCUT2D eigenvalue weighted by atomic mass is 32.1. The van der Waals surface area contributed by atoms with Gasteiger partial charge in [0.25, 0.3) is 5.56 Å². The molecule has 1 amide bonds. The molecule has 152 valence electrons.